The number of hydrogen-bond acceptors (Lipinski definition) is 5. The number of benzene rings is 2. The fraction of sp³-hybridized carbons (Fsp3) is 0.273. The fourth-order valence-electron chi connectivity index (χ4n) is 5.92. The van der Waals surface area contributed by atoms with Crippen LogP contribution in [0.5, 0.6) is 0 Å². The van der Waals surface area contributed by atoms with Crippen LogP contribution < -0.4 is 0 Å². The molecule has 7 rings (SSSR count). The fourth-order valence-corrected chi connectivity index (χ4v) is 5.92. The lowest BCUT2D eigenvalue weighted by Gasteiger charge is -2.35. The summed E-state index contributed by atoms with van der Waals surface area (Å²) in [5.41, 5.74) is 6.47. The van der Waals surface area contributed by atoms with Crippen molar-refractivity contribution in [1.82, 2.24) is 24.1 Å². The van der Waals surface area contributed by atoms with Crippen LogP contribution in [0, 0.1) is 5.82 Å². The molecular formula is C33H30FN5O3. The Morgan fingerprint density at radius 2 is 1.86 bits per heavy atom. The van der Waals surface area contributed by atoms with Crippen molar-refractivity contribution in [3.63, 3.8) is 0 Å². The van der Waals surface area contributed by atoms with Gasteiger partial charge in [-0.1, -0.05) is 24.3 Å². The van der Waals surface area contributed by atoms with Gasteiger partial charge in [-0.2, -0.15) is 5.10 Å². The lowest BCUT2D eigenvalue weighted by Crippen LogP contribution is -2.39. The van der Waals surface area contributed by atoms with Gasteiger partial charge < -0.3 is 14.0 Å². The molecule has 1 fully saturated rings. The molecule has 0 N–H and O–H groups in total. The average molecular weight is 564 g/mol. The van der Waals surface area contributed by atoms with E-state index in [1.54, 1.807) is 25.3 Å². The maximum absolute atomic E-state index is 15.5. The molecule has 212 valence electrons. The number of pyridine rings is 1. The summed E-state index contributed by atoms with van der Waals surface area (Å²) in [7, 11) is 0. The monoisotopic (exact) mass is 563 g/mol. The van der Waals surface area contributed by atoms with Gasteiger partial charge in [0, 0.05) is 36.8 Å². The quantitative estimate of drug-likeness (QED) is 0.232. The molecule has 1 saturated carbocycles. The van der Waals surface area contributed by atoms with Gasteiger partial charge in [-0.25, -0.2) is 18.9 Å². The average Bonchev–Trinajstić information content (AvgIpc) is 3.55. The zero-order valence-corrected chi connectivity index (χ0v) is 23.5. The van der Waals surface area contributed by atoms with Gasteiger partial charge in [0.05, 0.1) is 41.4 Å². The number of rotatable bonds is 6. The van der Waals surface area contributed by atoms with Gasteiger partial charge in [-0.3, -0.25) is 4.79 Å². The predicted octanol–water partition coefficient (Wildman–Crippen LogP) is 6.14. The molecule has 2 aliphatic rings. The van der Waals surface area contributed by atoms with Crippen molar-refractivity contribution >= 4 is 17.5 Å². The molecule has 0 bridgehead atoms. The van der Waals surface area contributed by atoms with Gasteiger partial charge in [-0.15, -0.1) is 0 Å². The van der Waals surface area contributed by atoms with E-state index >= 15 is 4.39 Å². The Labute approximate surface area is 242 Å². The number of nitrogens with zero attached hydrogens (tertiary/aromatic N) is 5. The van der Waals surface area contributed by atoms with E-state index < -0.39 is 11.8 Å². The normalized spacial score (nSPS) is 16.5. The molecule has 1 aliphatic heterocycles. The van der Waals surface area contributed by atoms with Crippen molar-refractivity contribution in [2.24, 2.45) is 0 Å². The van der Waals surface area contributed by atoms with Crippen molar-refractivity contribution in [3.8, 4) is 16.9 Å². The van der Waals surface area contributed by atoms with Crippen LogP contribution in [0.15, 0.2) is 73.3 Å². The lowest BCUT2D eigenvalue weighted by molar-refractivity contribution is 0.0526. The second-order valence-electron chi connectivity index (χ2n) is 11.0. The second kappa shape index (κ2) is 10.2. The number of amides is 1. The van der Waals surface area contributed by atoms with E-state index in [0.717, 1.165) is 30.5 Å². The zero-order valence-electron chi connectivity index (χ0n) is 23.5. The first-order valence-corrected chi connectivity index (χ1v) is 14.3. The van der Waals surface area contributed by atoms with Gasteiger partial charge >= 0.3 is 5.97 Å². The smallest absolute Gasteiger partial charge is 0.341 e. The summed E-state index contributed by atoms with van der Waals surface area (Å²) in [5, 5.41) is 4.18. The molecular weight excluding hydrogens is 533 g/mol. The van der Waals surface area contributed by atoms with E-state index in [1.165, 1.54) is 34.3 Å². The Morgan fingerprint density at radius 1 is 1.02 bits per heavy atom. The maximum Gasteiger partial charge on any atom is 0.341 e. The number of carbonyl (C=O) groups is 2. The summed E-state index contributed by atoms with van der Waals surface area (Å²) < 4.78 is 23.8. The third-order valence-electron chi connectivity index (χ3n) is 8.29. The van der Waals surface area contributed by atoms with Crippen molar-refractivity contribution in [2.75, 3.05) is 13.2 Å². The van der Waals surface area contributed by atoms with E-state index in [-0.39, 0.29) is 18.6 Å². The number of fused-ring (bicyclic) bond motifs is 2. The third kappa shape index (κ3) is 4.55. The SMILES string of the molecule is CCOC(=O)c1cnn(-c2ccc(-c3cn4cc(C(=O)N5CCc6ccccc6[C@H]5C)cc(C5CC5)c4n3)c(F)c2)c1. The molecule has 3 aromatic heterocycles. The number of ether oxygens (including phenoxy) is 1. The van der Waals surface area contributed by atoms with Crippen LogP contribution in [0.4, 0.5) is 4.39 Å². The number of carbonyl (C=O) groups excluding carboxylic acids is 2. The minimum atomic E-state index is -0.477. The Balaban J connectivity index is 1.21. The van der Waals surface area contributed by atoms with E-state index in [2.05, 4.69) is 24.2 Å². The summed E-state index contributed by atoms with van der Waals surface area (Å²) in [4.78, 5) is 32.6. The maximum atomic E-state index is 15.5. The first kappa shape index (κ1) is 26.1. The van der Waals surface area contributed by atoms with Crippen LogP contribution in [0.1, 0.15) is 76.1 Å². The molecule has 5 aromatic rings. The molecule has 1 aliphatic carbocycles. The van der Waals surface area contributed by atoms with Crippen LogP contribution in [-0.4, -0.2) is 49.1 Å². The Morgan fingerprint density at radius 3 is 2.64 bits per heavy atom. The Hall–Kier alpha value is -4.79. The summed E-state index contributed by atoms with van der Waals surface area (Å²) in [6.07, 6.45) is 9.44. The number of hydrogen-bond donors (Lipinski definition) is 0. The Bertz CT molecular complexity index is 1850. The predicted molar refractivity (Wildman–Crippen MR) is 155 cm³/mol. The molecule has 9 heteroatoms. The molecule has 2 aromatic carbocycles. The standard InChI is InChI=1S/C33H30FN5O3/c1-3-42-33(41)24-16-35-39(18-24)25-10-11-27(29(34)15-25)30-19-37-17-23(14-28(22-8-9-22)31(37)36-30)32(40)38-13-12-21-6-4-5-7-26(21)20(38)2/h4-7,10-11,14-20,22H,3,8-9,12-13H2,1-2H3/t20-/m1/s1. The van der Waals surface area contributed by atoms with E-state index in [0.29, 0.717) is 40.5 Å². The second-order valence-corrected chi connectivity index (χ2v) is 11.0. The van der Waals surface area contributed by atoms with Crippen LogP contribution in [0.3, 0.4) is 0 Å². The highest BCUT2D eigenvalue weighted by atomic mass is 19.1. The summed E-state index contributed by atoms with van der Waals surface area (Å²) in [6, 6.07) is 15.0. The van der Waals surface area contributed by atoms with Gasteiger partial charge in [-0.05, 0) is 73.9 Å². The highest BCUT2D eigenvalue weighted by Crippen LogP contribution is 2.43. The van der Waals surface area contributed by atoms with Crippen molar-refractivity contribution in [1.29, 1.82) is 0 Å². The molecule has 0 radical (unpaired) electrons. The van der Waals surface area contributed by atoms with Crippen molar-refractivity contribution in [2.45, 2.75) is 45.1 Å². The number of aromatic nitrogens is 4. The first-order chi connectivity index (χ1) is 20.4. The van der Waals surface area contributed by atoms with Gasteiger partial charge in [0.2, 0.25) is 0 Å². The largest absolute Gasteiger partial charge is 0.462 e. The van der Waals surface area contributed by atoms with Crippen molar-refractivity contribution in [3.05, 3.63) is 107 Å². The van der Waals surface area contributed by atoms with E-state index in [4.69, 9.17) is 9.72 Å². The highest BCUT2D eigenvalue weighted by molar-refractivity contribution is 5.95. The van der Waals surface area contributed by atoms with Crippen LogP contribution in [0.25, 0.3) is 22.6 Å². The summed E-state index contributed by atoms with van der Waals surface area (Å²) in [5.74, 6) is -0.604. The van der Waals surface area contributed by atoms with Crippen molar-refractivity contribution < 1.29 is 18.7 Å². The highest BCUT2D eigenvalue weighted by Gasteiger charge is 2.32. The molecule has 1 atom stereocenters. The van der Waals surface area contributed by atoms with E-state index in [9.17, 15) is 9.59 Å². The molecule has 8 nitrogen and oxygen atoms in total. The van der Waals surface area contributed by atoms with Crippen LogP contribution in [-0.2, 0) is 11.2 Å². The number of esters is 1. The minimum Gasteiger partial charge on any atom is -0.462 e. The topological polar surface area (TPSA) is 81.7 Å². The summed E-state index contributed by atoms with van der Waals surface area (Å²) >= 11 is 0. The minimum absolute atomic E-state index is 0.00648. The van der Waals surface area contributed by atoms with Crippen LogP contribution in [0.2, 0.25) is 0 Å². The molecule has 4 heterocycles. The first-order valence-electron chi connectivity index (χ1n) is 14.3. The Kier molecular flexibility index (Phi) is 6.37. The zero-order chi connectivity index (χ0) is 29.0. The number of imidazole rings is 1. The number of halogens is 1. The molecule has 42 heavy (non-hydrogen) atoms. The summed E-state index contributed by atoms with van der Waals surface area (Å²) in [6.45, 7) is 4.74. The lowest BCUT2D eigenvalue weighted by atomic mass is 9.93. The van der Waals surface area contributed by atoms with E-state index in [1.807, 2.05) is 33.7 Å². The van der Waals surface area contributed by atoms with Gasteiger partial charge in [0.1, 0.15) is 11.5 Å². The molecule has 0 saturated heterocycles. The van der Waals surface area contributed by atoms with Gasteiger partial charge in [0.15, 0.2) is 0 Å². The molecule has 0 unspecified atom stereocenters. The molecule has 0 spiro atoms. The van der Waals surface area contributed by atoms with Gasteiger partial charge in [0.25, 0.3) is 5.91 Å². The molecule has 1 amide bonds. The van der Waals surface area contributed by atoms with Crippen LogP contribution >= 0.6 is 0 Å². The third-order valence-corrected chi connectivity index (χ3v) is 8.29.